The summed E-state index contributed by atoms with van der Waals surface area (Å²) in [6.45, 7) is 0. The molecule has 2 aromatic carbocycles. The summed E-state index contributed by atoms with van der Waals surface area (Å²) < 4.78 is 5.43. The van der Waals surface area contributed by atoms with Gasteiger partial charge < -0.3 is 15.2 Å². The van der Waals surface area contributed by atoms with Crippen molar-refractivity contribution in [2.75, 3.05) is 12.4 Å². The summed E-state index contributed by atoms with van der Waals surface area (Å²) in [6, 6.07) is 13.8. The molecular weight excluding hydrogens is 282 g/mol. The van der Waals surface area contributed by atoms with Crippen molar-refractivity contribution in [2.45, 2.75) is 0 Å². The van der Waals surface area contributed by atoms with Crippen molar-refractivity contribution in [3.63, 3.8) is 0 Å². The van der Waals surface area contributed by atoms with Crippen molar-refractivity contribution in [2.24, 2.45) is 0 Å². The summed E-state index contributed by atoms with van der Waals surface area (Å²) in [5.41, 5.74) is 2.42. The third kappa shape index (κ3) is 2.22. The number of ether oxygens (including phenoxy) is 1. The van der Waals surface area contributed by atoms with E-state index in [1.807, 2.05) is 30.3 Å². The number of aromatic carboxylic acids is 1. The minimum atomic E-state index is -1.04. The second-order valence-electron chi connectivity index (χ2n) is 4.79. The molecular formula is C17H13NO4. The topological polar surface area (TPSA) is 75.6 Å². The number of benzene rings is 2. The number of amides is 1. The summed E-state index contributed by atoms with van der Waals surface area (Å²) in [4.78, 5) is 23.3. The van der Waals surface area contributed by atoms with Gasteiger partial charge in [0.2, 0.25) is 0 Å². The lowest BCUT2D eigenvalue weighted by Gasteiger charge is -2.09. The van der Waals surface area contributed by atoms with Crippen LogP contribution in [0.2, 0.25) is 0 Å². The fraction of sp³-hybridized carbons (Fsp3) is 0.0588. The van der Waals surface area contributed by atoms with Crippen molar-refractivity contribution >= 4 is 28.9 Å². The second-order valence-corrected chi connectivity index (χ2v) is 4.79. The van der Waals surface area contributed by atoms with Crippen LogP contribution in [0.4, 0.5) is 5.69 Å². The summed E-state index contributed by atoms with van der Waals surface area (Å²) in [7, 11) is 1.51. The number of hydrogen-bond donors (Lipinski definition) is 2. The fourth-order valence-corrected chi connectivity index (χ4v) is 2.49. The minimum Gasteiger partial charge on any atom is -0.495 e. The summed E-state index contributed by atoms with van der Waals surface area (Å²) >= 11 is 0. The zero-order valence-electron chi connectivity index (χ0n) is 11.8. The predicted octanol–water partition coefficient (Wildman–Crippen LogP) is 2.85. The molecule has 0 aliphatic carbocycles. The molecule has 2 aromatic rings. The van der Waals surface area contributed by atoms with Gasteiger partial charge in [-0.25, -0.2) is 4.79 Å². The second kappa shape index (κ2) is 5.37. The molecule has 5 nitrogen and oxygen atoms in total. The number of carbonyl (C=O) groups excluding carboxylic acids is 1. The van der Waals surface area contributed by atoms with Gasteiger partial charge in [-0.1, -0.05) is 36.4 Å². The zero-order valence-corrected chi connectivity index (χ0v) is 11.8. The van der Waals surface area contributed by atoms with Gasteiger partial charge in [-0.15, -0.1) is 0 Å². The van der Waals surface area contributed by atoms with E-state index in [-0.39, 0.29) is 11.5 Å². The normalized spacial score (nSPS) is 15.0. The molecule has 0 bridgehead atoms. The van der Waals surface area contributed by atoms with Crippen LogP contribution in [0.3, 0.4) is 0 Å². The molecule has 5 heteroatoms. The van der Waals surface area contributed by atoms with Crippen molar-refractivity contribution in [1.82, 2.24) is 0 Å². The van der Waals surface area contributed by atoms with Gasteiger partial charge in [-0.2, -0.15) is 0 Å². The first kappa shape index (κ1) is 13.9. The Bertz CT molecular complexity index is 794. The van der Waals surface area contributed by atoms with Crippen molar-refractivity contribution < 1.29 is 19.4 Å². The number of anilines is 1. The van der Waals surface area contributed by atoms with Gasteiger partial charge in [0.15, 0.2) is 0 Å². The molecule has 1 aliphatic heterocycles. The van der Waals surface area contributed by atoms with Crippen molar-refractivity contribution in [3.05, 3.63) is 65.2 Å². The third-order valence-electron chi connectivity index (χ3n) is 3.48. The van der Waals surface area contributed by atoms with Crippen LogP contribution in [0.25, 0.3) is 11.3 Å². The van der Waals surface area contributed by atoms with E-state index in [1.54, 1.807) is 6.07 Å². The number of fused-ring (bicyclic) bond motifs is 1. The van der Waals surface area contributed by atoms with E-state index in [2.05, 4.69) is 5.32 Å². The molecule has 1 amide bonds. The molecule has 0 aromatic heterocycles. The quantitative estimate of drug-likeness (QED) is 0.674. The number of carbonyl (C=O) groups is 2. The van der Waals surface area contributed by atoms with Crippen LogP contribution in [0.15, 0.2) is 48.5 Å². The van der Waals surface area contributed by atoms with E-state index in [0.717, 1.165) is 5.56 Å². The lowest BCUT2D eigenvalue weighted by Crippen LogP contribution is -2.06. The first-order valence-electron chi connectivity index (χ1n) is 6.64. The van der Waals surface area contributed by atoms with Crippen LogP contribution in [-0.4, -0.2) is 24.1 Å². The number of nitrogens with one attached hydrogen (secondary N) is 1. The minimum absolute atomic E-state index is 0.124. The van der Waals surface area contributed by atoms with Gasteiger partial charge in [0.1, 0.15) is 5.76 Å². The maximum absolute atomic E-state index is 12.3. The van der Waals surface area contributed by atoms with Gasteiger partial charge in [0, 0.05) is 11.1 Å². The van der Waals surface area contributed by atoms with Gasteiger partial charge in [0.25, 0.3) is 5.91 Å². The standard InChI is InChI=1S/C17H13NO4/c1-22-15(10-5-3-2-4-6-10)14-12-8-7-11(17(20)21)9-13(12)18-16(14)19/h2-9H,1H3,(H,18,19)(H,20,21). The molecule has 2 N–H and O–H groups in total. The van der Waals surface area contributed by atoms with Crippen molar-refractivity contribution in [3.8, 4) is 0 Å². The lowest BCUT2D eigenvalue weighted by atomic mass is 10.0. The molecule has 110 valence electrons. The highest BCUT2D eigenvalue weighted by atomic mass is 16.5. The van der Waals surface area contributed by atoms with E-state index >= 15 is 0 Å². The Morgan fingerprint density at radius 3 is 2.45 bits per heavy atom. The molecule has 0 fully saturated rings. The SMILES string of the molecule is COC(=C1C(=O)Nc2cc(C(=O)O)ccc21)c1ccccc1. The summed E-state index contributed by atoms with van der Waals surface area (Å²) in [6.07, 6.45) is 0. The molecule has 0 atom stereocenters. The van der Waals surface area contributed by atoms with Gasteiger partial charge in [-0.3, -0.25) is 4.79 Å². The van der Waals surface area contributed by atoms with E-state index in [9.17, 15) is 9.59 Å². The first-order valence-corrected chi connectivity index (χ1v) is 6.64. The highest BCUT2D eigenvalue weighted by Gasteiger charge is 2.29. The Balaban J connectivity index is 2.19. The number of carboxylic acids is 1. The van der Waals surface area contributed by atoms with E-state index in [4.69, 9.17) is 9.84 Å². The number of hydrogen-bond acceptors (Lipinski definition) is 3. The zero-order chi connectivity index (χ0) is 15.7. The maximum atomic E-state index is 12.3. The number of carboxylic acid groups (broad SMARTS) is 1. The Morgan fingerprint density at radius 1 is 1.09 bits per heavy atom. The van der Waals surface area contributed by atoms with Gasteiger partial charge in [-0.05, 0) is 12.1 Å². The molecule has 0 saturated carbocycles. The van der Waals surface area contributed by atoms with Crippen LogP contribution in [0, 0.1) is 0 Å². The Morgan fingerprint density at radius 2 is 1.82 bits per heavy atom. The first-order chi connectivity index (χ1) is 10.6. The molecule has 1 heterocycles. The van der Waals surface area contributed by atoms with E-state index in [1.165, 1.54) is 19.2 Å². The average Bonchev–Trinajstić information content (AvgIpc) is 2.85. The smallest absolute Gasteiger partial charge is 0.335 e. The third-order valence-corrected chi connectivity index (χ3v) is 3.48. The molecule has 0 saturated heterocycles. The Hall–Kier alpha value is -3.08. The number of methoxy groups -OCH3 is 1. The lowest BCUT2D eigenvalue weighted by molar-refractivity contribution is -0.110. The monoisotopic (exact) mass is 295 g/mol. The maximum Gasteiger partial charge on any atom is 0.335 e. The average molecular weight is 295 g/mol. The highest BCUT2D eigenvalue weighted by molar-refractivity contribution is 6.36. The largest absolute Gasteiger partial charge is 0.495 e. The van der Waals surface area contributed by atoms with Crippen LogP contribution >= 0.6 is 0 Å². The molecule has 0 unspecified atom stereocenters. The fourth-order valence-electron chi connectivity index (χ4n) is 2.49. The van der Waals surface area contributed by atoms with Crippen LogP contribution in [0.1, 0.15) is 21.5 Å². The van der Waals surface area contributed by atoms with Crippen LogP contribution in [0.5, 0.6) is 0 Å². The Kier molecular flexibility index (Phi) is 3.39. The van der Waals surface area contributed by atoms with Gasteiger partial charge >= 0.3 is 5.97 Å². The molecule has 1 aliphatic rings. The van der Waals surface area contributed by atoms with Crippen LogP contribution in [-0.2, 0) is 9.53 Å². The predicted molar refractivity (Wildman–Crippen MR) is 82.3 cm³/mol. The van der Waals surface area contributed by atoms with Gasteiger partial charge in [0.05, 0.1) is 23.9 Å². The Labute approximate surface area is 126 Å². The van der Waals surface area contributed by atoms with E-state index < -0.39 is 5.97 Å². The molecule has 22 heavy (non-hydrogen) atoms. The summed E-state index contributed by atoms with van der Waals surface area (Å²) in [5.74, 6) is -0.886. The van der Waals surface area contributed by atoms with E-state index in [0.29, 0.717) is 22.6 Å². The van der Waals surface area contributed by atoms with Crippen molar-refractivity contribution in [1.29, 1.82) is 0 Å². The number of rotatable bonds is 3. The molecule has 0 radical (unpaired) electrons. The molecule has 0 spiro atoms. The van der Waals surface area contributed by atoms with Crippen LogP contribution < -0.4 is 5.32 Å². The molecule has 3 rings (SSSR count). The highest BCUT2D eigenvalue weighted by Crippen LogP contribution is 2.37. The summed E-state index contributed by atoms with van der Waals surface area (Å²) in [5, 5.41) is 11.7.